The SMILES string of the molecule is Nc1cccc(Cl)c1Sc1ccc(Cl)c(Cl)c1. The lowest BCUT2D eigenvalue weighted by Crippen LogP contribution is -1.88. The van der Waals surface area contributed by atoms with Crippen molar-refractivity contribution in [2.24, 2.45) is 0 Å². The Morgan fingerprint density at radius 3 is 2.29 bits per heavy atom. The minimum atomic E-state index is 0.516. The third-order valence-electron chi connectivity index (χ3n) is 2.11. The first kappa shape index (κ1) is 12.9. The number of rotatable bonds is 2. The van der Waals surface area contributed by atoms with Gasteiger partial charge in [0.15, 0.2) is 0 Å². The third kappa shape index (κ3) is 3.02. The first-order chi connectivity index (χ1) is 8.08. The smallest absolute Gasteiger partial charge is 0.0603 e. The number of nitrogen functional groups attached to an aromatic ring is 1. The molecule has 88 valence electrons. The maximum atomic E-state index is 6.09. The van der Waals surface area contributed by atoms with E-state index in [1.807, 2.05) is 18.2 Å². The summed E-state index contributed by atoms with van der Waals surface area (Å²) in [5.74, 6) is 0. The normalized spacial score (nSPS) is 10.5. The Labute approximate surface area is 119 Å². The molecule has 2 aromatic rings. The van der Waals surface area contributed by atoms with Crippen LogP contribution < -0.4 is 5.73 Å². The van der Waals surface area contributed by atoms with Crippen LogP contribution in [-0.2, 0) is 0 Å². The molecule has 0 aromatic heterocycles. The zero-order valence-electron chi connectivity index (χ0n) is 8.58. The molecule has 0 amide bonds. The Morgan fingerprint density at radius 1 is 0.882 bits per heavy atom. The molecule has 0 aliphatic heterocycles. The van der Waals surface area contributed by atoms with E-state index >= 15 is 0 Å². The van der Waals surface area contributed by atoms with Crippen LogP contribution in [0.15, 0.2) is 46.2 Å². The molecule has 0 bridgehead atoms. The molecular formula is C12H8Cl3NS. The van der Waals surface area contributed by atoms with E-state index in [2.05, 4.69) is 0 Å². The van der Waals surface area contributed by atoms with Gasteiger partial charge in [0.2, 0.25) is 0 Å². The zero-order chi connectivity index (χ0) is 12.4. The van der Waals surface area contributed by atoms with Gasteiger partial charge in [-0.2, -0.15) is 0 Å². The van der Waals surface area contributed by atoms with Crippen molar-refractivity contribution in [3.63, 3.8) is 0 Å². The molecule has 0 heterocycles. The van der Waals surface area contributed by atoms with Gasteiger partial charge in [0.25, 0.3) is 0 Å². The standard InChI is InChI=1S/C12H8Cl3NS/c13-8-5-4-7(6-10(8)15)17-12-9(14)2-1-3-11(12)16/h1-6H,16H2. The monoisotopic (exact) mass is 303 g/mol. The van der Waals surface area contributed by atoms with Crippen LogP contribution in [0.5, 0.6) is 0 Å². The van der Waals surface area contributed by atoms with Gasteiger partial charge in [0.05, 0.1) is 20.0 Å². The predicted octanol–water partition coefficient (Wildman–Crippen LogP) is 5.38. The Balaban J connectivity index is 2.35. The molecule has 0 saturated heterocycles. The molecule has 2 aromatic carbocycles. The first-order valence-corrected chi connectivity index (χ1v) is 6.70. The van der Waals surface area contributed by atoms with Crippen LogP contribution in [0.25, 0.3) is 0 Å². The fourth-order valence-electron chi connectivity index (χ4n) is 1.29. The van der Waals surface area contributed by atoms with Gasteiger partial charge in [-0.05, 0) is 30.3 Å². The Hall–Kier alpha value is -0.540. The van der Waals surface area contributed by atoms with Crippen molar-refractivity contribution in [2.75, 3.05) is 5.73 Å². The molecule has 0 aliphatic carbocycles. The maximum absolute atomic E-state index is 6.09. The molecule has 5 heteroatoms. The molecule has 2 N–H and O–H groups in total. The van der Waals surface area contributed by atoms with Gasteiger partial charge < -0.3 is 5.73 Å². The second-order valence-electron chi connectivity index (χ2n) is 3.34. The highest BCUT2D eigenvalue weighted by atomic mass is 35.5. The Morgan fingerprint density at radius 2 is 1.65 bits per heavy atom. The van der Waals surface area contributed by atoms with Gasteiger partial charge in [0, 0.05) is 10.6 Å². The van der Waals surface area contributed by atoms with Crippen molar-refractivity contribution in [3.8, 4) is 0 Å². The van der Waals surface area contributed by atoms with Crippen molar-refractivity contribution >= 4 is 52.3 Å². The van der Waals surface area contributed by atoms with Gasteiger partial charge in [-0.15, -0.1) is 0 Å². The highest BCUT2D eigenvalue weighted by Gasteiger charge is 2.07. The highest BCUT2D eigenvalue weighted by molar-refractivity contribution is 7.99. The molecule has 0 aliphatic rings. The van der Waals surface area contributed by atoms with Crippen molar-refractivity contribution in [2.45, 2.75) is 9.79 Å². The van der Waals surface area contributed by atoms with Crippen molar-refractivity contribution < 1.29 is 0 Å². The fourth-order valence-corrected chi connectivity index (χ4v) is 2.85. The topological polar surface area (TPSA) is 26.0 Å². The molecule has 0 atom stereocenters. The summed E-state index contributed by atoms with van der Waals surface area (Å²) in [5.41, 5.74) is 6.52. The third-order valence-corrected chi connectivity index (χ3v) is 4.42. The molecular weight excluding hydrogens is 297 g/mol. The lowest BCUT2D eigenvalue weighted by atomic mass is 10.3. The van der Waals surface area contributed by atoms with E-state index in [9.17, 15) is 0 Å². The Kier molecular flexibility index (Phi) is 4.10. The molecule has 0 fully saturated rings. The van der Waals surface area contributed by atoms with Crippen molar-refractivity contribution in [1.29, 1.82) is 0 Å². The quantitative estimate of drug-likeness (QED) is 0.754. The van der Waals surface area contributed by atoms with Crippen LogP contribution >= 0.6 is 46.6 Å². The largest absolute Gasteiger partial charge is 0.398 e. The van der Waals surface area contributed by atoms with Crippen LogP contribution in [0.3, 0.4) is 0 Å². The zero-order valence-corrected chi connectivity index (χ0v) is 11.7. The maximum Gasteiger partial charge on any atom is 0.0603 e. The summed E-state index contributed by atoms with van der Waals surface area (Å²) in [4.78, 5) is 1.77. The second kappa shape index (κ2) is 5.40. The van der Waals surface area contributed by atoms with E-state index in [1.54, 1.807) is 18.2 Å². The molecule has 2 rings (SSSR count). The van der Waals surface area contributed by atoms with Gasteiger partial charge in [0.1, 0.15) is 0 Å². The van der Waals surface area contributed by atoms with Crippen LogP contribution in [0.2, 0.25) is 15.1 Å². The summed E-state index contributed by atoms with van der Waals surface area (Å²) in [6.07, 6.45) is 0. The number of hydrogen-bond acceptors (Lipinski definition) is 2. The van der Waals surface area contributed by atoms with Gasteiger partial charge >= 0.3 is 0 Å². The lowest BCUT2D eigenvalue weighted by molar-refractivity contribution is 1.41. The first-order valence-electron chi connectivity index (χ1n) is 4.75. The summed E-state index contributed by atoms with van der Waals surface area (Å²) in [6, 6.07) is 10.8. The average Bonchev–Trinajstić information content (AvgIpc) is 2.28. The molecule has 0 spiro atoms. The molecule has 0 saturated carbocycles. The minimum absolute atomic E-state index is 0.516. The van der Waals surface area contributed by atoms with Crippen LogP contribution in [0.1, 0.15) is 0 Å². The number of nitrogens with two attached hydrogens (primary N) is 1. The highest BCUT2D eigenvalue weighted by Crippen LogP contribution is 2.39. The number of hydrogen-bond donors (Lipinski definition) is 1. The van der Waals surface area contributed by atoms with E-state index in [0.717, 1.165) is 9.79 Å². The number of benzene rings is 2. The van der Waals surface area contributed by atoms with Gasteiger partial charge in [-0.25, -0.2) is 0 Å². The van der Waals surface area contributed by atoms with E-state index in [1.165, 1.54) is 11.8 Å². The fraction of sp³-hybridized carbons (Fsp3) is 0. The summed E-state index contributed by atoms with van der Waals surface area (Å²) in [7, 11) is 0. The summed E-state index contributed by atoms with van der Waals surface area (Å²) >= 11 is 19.4. The van der Waals surface area contributed by atoms with Gasteiger partial charge in [-0.3, -0.25) is 0 Å². The van der Waals surface area contributed by atoms with Crippen molar-refractivity contribution in [3.05, 3.63) is 51.5 Å². The summed E-state index contributed by atoms with van der Waals surface area (Å²) in [6.45, 7) is 0. The minimum Gasteiger partial charge on any atom is -0.398 e. The lowest BCUT2D eigenvalue weighted by Gasteiger charge is -2.08. The summed E-state index contributed by atoms with van der Waals surface area (Å²) in [5, 5.41) is 1.67. The summed E-state index contributed by atoms with van der Waals surface area (Å²) < 4.78 is 0. The molecule has 17 heavy (non-hydrogen) atoms. The molecule has 0 radical (unpaired) electrons. The van der Waals surface area contributed by atoms with E-state index < -0.39 is 0 Å². The predicted molar refractivity (Wildman–Crippen MR) is 76.4 cm³/mol. The van der Waals surface area contributed by atoms with Crippen molar-refractivity contribution in [1.82, 2.24) is 0 Å². The molecule has 1 nitrogen and oxygen atoms in total. The van der Waals surface area contributed by atoms with Crippen LogP contribution in [0.4, 0.5) is 5.69 Å². The molecule has 0 unspecified atom stereocenters. The van der Waals surface area contributed by atoms with Crippen LogP contribution in [-0.4, -0.2) is 0 Å². The average molecular weight is 305 g/mol. The van der Waals surface area contributed by atoms with Crippen LogP contribution in [0, 0.1) is 0 Å². The second-order valence-corrected chi connectivity index (χ2v) is 5.64. The van der Waals surface area contributed by atoms with E-state index in [4.69, 9.17) is 40.5 Å². The Bertz CT molecular complexity index is 537. The van der Waals surface area contributed by atoms with E-state index in [0.29, 0.717) is 20.8 Å². The van der Waals surface area contributed by atoms with E-state index in [-0.39, 0.29) is 0 Å². The van der Waals surface area contributed by atoms with Gasteiger partial charge in [-0.1, -0.05) is 52.6 Å². The number of anilines is 1. The number of halogens is 3.